The Balaban J connectivity index is 1.54. The summed E-state index contributed by atoms with van der Waals surface area (Å²) >= 11 is 0. The normalized spacial score (nSPS) is 26.8. The van der Waals surface area contributed by atoms with E-state index in [1.165, 1.54) is 31.2 Å². The van der Waals surface area contributed by atoms with Crippen molar-refractivity contribution in [1.29, 1.82) is 0 Å². The van der Waals surface area contributed by atoms with Gasteiger partial charge in [0.1, 0.15) is 5.82 Å². The van der Waals surface area contributed by atoms with Gasteiger partial charge in [-0.3, -0.25) is 0 Å². The number of nitrogens with one attached hydrogen (secondary N) is 1. The summed E-state index contributed by atoms with van der Waals surface area (Å²) in [4.78, 5) is 8.64. The predicted octanol–water partition coefficient (Wildman–Crippen LogP) is 3.86. The molecule has 4 rings (SSSR count). The molecule has 0 unspecified atom stereocenters. The molecule has 1 heterocycles. The van der Waals surface area contributed by atoms with Crippen LogP contribution in [-0.2, 0) is 6.54 Å². The number of ether oxygens (including phenoxy) is 2. The maximum atomic E-state index is 5.55. The van der Waals surface area contributed by atoms with Crippen LogP contribution < -0.4 is 14.8 Å². The lowest BCUT2D eigenvalue weighted by Gasteiger charge is -2.55. The van der Waals surface area contributed by atoms with Crippen molar-refractivity contribution in [3.8, 4) is 11.5 Å². The van der Waals surface area contributed by atoms with Crippen LogP contribution in [0.4, 0.5) is 0 Å². The van der Waals surface area contributed by atoms with Crippen LogP contribution in [0.15, 0.2) is 30.6 Å². The topological polar surface area (TPSA) is 56.3 Å². The summed E-state index contributed by atoms with van der Waals surface area (Å²) in [6.07, 6.45) is 9.22. The SMILES string of the molecule is COc1ccc([C@H]2[C@@H]3CCCC[C@@H]3[C@@H]2NCc2cnc(C)nc2)cc1OC. The lowest BCUT2D eigenvalue weighted by molar-refractivity contribution is 0.0252. The molecular weight excluding hydrogens is 338 g/mol. The van der Waals surface area contributed by atoms with E-state index in [1.807, 2.05) is 25.4 Å². The number of aryl methyl sites for hydroxylation is 1. The van der Waals surface area contributed by atoms with Gasteiger partial charge in [0.25, 0.3) is 0 Å². The maximum Gasteiger partial charge on any atom is 0.160 e. The molecule has 144 valence electrons. The third kappa shape index (κ3) is 3.53. The largest absolute Gasteiger partial charge is 0.493 e. The van der Waals surface area contributed by atoms with E-state index >= 15 is 0 Å². The second-order valence-electron chi connectivity index (χ2n) is 7.80. The van der Waals surface area contributed by atoms with Crippen molar-refractivity contribution in [2.24, 2.45) is 11.8 Å². The molecule has 1 aromatic carbocycles. The number of nitrogens with zero attached hydrogens (tertiary/aromatic N) is 2. The average Bonchev–Trinajstić information content (AvgIpc) is 2.70. The van der Waals surface area contributed by atoms with Crippen molar-refractivity contribution in [2.45, 2.75) is 51.1 Å². The van der Waals surface area contributed by atoms with E-state index in [2.05, 4.69) is 27.4 Å². The summed E-state index contributed by atoms with van der Waals surface area (Å²) in [5.74, 6) is 4.49. The number of fused-ring (bicyclic) bond motifs is 1. The summed E-state index contributed by atoms with van der Waals surface area (Å²) in [6.45, 7) is 2.74. The number of aromatic nitrogens is 2. The van der Waals surface area contributed by atoms with Crippen LogP contribution in [-0.4, -0.2) is 30.2 Å². The van der Waals surface area contributed by atoms with E-state index in [4.69, 9.17) is 9.47 Å². The zero-order valence-corrected chi connectivity index (χ0v) is 16.4. The quantitative estimate of drug-likeness (QED) is 0.840. The second kappa shape index (κ2) is 7.85. The molecule has 4 atom stereocenters. The van der Waals surface area contributed by atoms with Crippen molar-refractivity contribution in [2.75, 3.05) is 14.2 Å². The highest BCUT2D eigenvalue weighted by atomic mass is 16.5. The highest BCUT2D eigenvalue weighted by Crippen LogP contribution is 2.55. The Morgan fingerprint density at radius 2 is 1.70 bits per heavy atom. The fraction of sp³-hybridized carbons (Fsp3) is 0.545. The van der Waals surface area contributed by atoms with Crippen LogP contribution in [0.3, 0.4) is 0 Å². The molecule has 2 saturated carbocycles. The average molecular weight is 367 g/mol. The van der Waals surface area contributed by atoms with Crippen molar-refractivity contribution in [1.82, 2.24) is 15.3 Å². The van der Waals surface area contributed by atoms with Gasteiger partial charge in [-0.15, -0.1) is 0 Å². The molecule has 2 aliphatic rings. The van der Waals surface area contributed by atoms with E-state index in [0.717, 1.165) is 41.3 Å². The number of benzene rings is 1. The lowest BCUT2D eigenvalue weighted by Crippen LogP contribution is -2.57. The molecule has 1 aromatic heterocycles. The molecule has 0 amide bonds. The first kappa shape index (κ1) is 18.2. The van der Waals surface area contributed by atoms with E-state index in [9.17, 15) is 0 Å². The van der Waals surface area contributed by atoms with Crippen LogP contribution >= 0.6 is 0 Å². The van der Waals surface area contributed by atoms with Crippen molar-refractivity contribution in [3.05, 3.63) is 47.5 Å². The fourth-order valence-corrected chi connectivity index (χ4v) is 5.01. The van der Waals surface area contributed by atoms with Gasteiger partial charge in [0.15, 0.2) is 11.5 Å². The smallest absolute Gasteiger partial charge is 0.160 e. The second-order valence-corrected chi connectivity index (χ2v) is 7.80. The molecule has 2 aliphatic carbocycles. The summed E-state index contributed by atoms with van der Waals surface area (Å²) in [6, 6.07) is 6.91. The predicted molar refractivity (Wildman–Crippen MR) is 105 cm³/mol. The summed E-state index contributed by atoms with van der Waals surface area (Å²) in [5, 5.41) is 3.82. The molecule has 5 nitrogen and oxygen atoms in total. The van der Waals surface area contributed by atoms with Crippen LogP contribution in [0.1, 0.15) is 48.6 Å². The van der Waals surface area contributed by atoms with Gasteiger partial charge < -0.3 is 14.8 Å². The molecule has 0 saturated heterocycles. The fourth-order valence-electron chi connectivity index (χ4n) is 5.01. The maximum absolute atomic E-state index is 5.55. The zero-order valence-electron chi connectivity index (χ0n) is 16.4. The highest BCUT2D eigenvalue weighted by molar-refractivity contribution is 5.45. The summed E-state index contributed by atoms with van der Waals surface area (Å²) < 4.78 is 11.0. The van der Waals surface area contributed by atoms with Crippen molar-refractivity contribution in [3.63, 3.8) is 0 Å². The van der Waals surface area contributed by atoms with Crippen LogP contribution in [0.5, 0.6) is 11.5 Å². The van der Waals surface area contributed by atoms with E-state index in [0.29, 0.717) is 12.0 Å². The monoisotopic (exact) mass is 367 g/mol. The first-order valence-electron chi connectivity index (χ1n) is 9.94. The van der Waals surface area contributed by atoms with Crippen molar-refractivity contribution < 1.29 is 9.47 Å². The number of methoxy groups -OCH3 is 2. The standard InChI is InChI=1S/C22H29N3O2/c1-14-23-11-15(12-24-14)13-25-22-18-7-5-4-6-17(18)21(22)16-8-9-19(26-2)20(10-16)27-3/h8-12,17-18,21-22,25H,4-7,13H2,1-3H3/t17-,18+,21+,22+/m1/s1. The molecule has 2 fully saturated rings. The molecule has 1 N–H and O–H groups in total. The first-order valence-corrected chi connectivity index (χ1v) is 9.94. The van der Waals surface area contributed by atoms with Gasteiger partial charge in [-0.1, -0.05) is 18.9 Å². The number of rotatable bonds is 6. The van der Waals surface area contributed by atoms with Gasteiger partial charge in [0.05, 0.1) is 14.2 Å². The Bertz CT molecular complexity index is 778. The van der Waals surface area contributed by atoms with Crippen molar-refractivity contribution >= 4 is 0 Å². The molecular formula is C22H29N3O2. The van der Waals surface area contributed by atoms with Gasteiger partial charge in [-0.25, -0.2) is 9.97 Å². The molecule has 0 aliphatic heterocycles. The Morgan fingerprint density at radius 1 is 1.00 bits per heavy atom. The highest BCUT2D eigenvalue weighted by Gasteiger charge is 2.51. The Morgan fingerprint density at radius 3 is 2.41 bits per heavy atom. The Kier molecular flexibility index (Phi) is 5.30. The number of hydrogen-bond donors (Lipinski definition) is 1. The first-order chi connectivity index (χ1) is 13.2. The summed E-state index contributed by atoms with van der Waals surface area (Å²) in [5.41, 5.74) is 2.50. The van der Waals surface area contributed by atoms with Gasteiger partial charge in [0, 0.05) is 36.5 Å². The van der Waals surface area contributed by atoms with E-state index in [1.54, 1.807) is 14.2 Å². The summed E-state index contributed by atoms with van der Waals surface area (Å²) in [7, 11) is 3.39. The van der Waals surface area contributed by atoms with Crippen LogP contribution in [0.2, 0.25) is 0 Å². The molecule has 2 aromatic rings. The van der Waals surface area contributed by atoms with Gasteiger partial charge in [-0.2, -0.15) is 0 Å². The molecule has 0 spiro atoms. The lowest BCUT2D eigenvalue weighted by atomic mass is 9.53. The third-order valence-electron chi connectivity index (χ3n) is 6.35. The molecule has 27 heavy (non-hydrogen) atoms. The van der Waals surface area contributed by atoms with Gasteiger partial charge >= 0.3 is 0 Å². The van der Waals surface area contributed by atoms with Gasteiger partial charge in [-0.05, 0) is 49.3 Å². The number of hydrogen-bond acceptors (Lipinski definition) is 5. The molecule has 0 bridgehead atoms. The van der Waals surface area contributed by atoms with E-state index < -0.39 is 0 Å². The Hall–Kier alpha value is -2.14. The van der Waals surface area contributed by atoms with E-state index in [-0.39, 0.29) is 0 Å². The minimum absolute atomic E-state index is 0.495. The molecule has 5 heteroatoms. The zero-order chi connectivity index (χ0) is 18.8. The molecule has 0 radical (unpaired) electrons. The Labute approximate surface area is 161 Å². The van der Waals surface area contributed by atoms with Gasteiger partial charge in [0.2, 0.25) is 0 Å². The minimum Gasteiger partial charge on any atom is -0.493 e. The van der Waals surface area contributed by atoms with Crippen LogP contribution in [0.25, 0.3) is 0 Å². The minimum atomic E-state index is 0.495. The third-order valence-corrected chi connectivity index (χ3v) is 6.35. The van der Waals surface area contributed by atoms with Crippen LogP contribution in [0, 0.1) is 18.8 Å².